The van der Waals surface area contributed by atoms with Crippen molar-refractivity contribution in [2.75, 3.05) is 12.8 Å². The number of hydrogen-bond donors (Lipinski definition) is 2. The summed E-state index contributed by atoms with van der Waals surface area (Å²) in [6, 6.07) is 19.6. The number of carboxylic acids is 1. The van der Waals surface area contributed by atoms with Gasteiger partial charge in [0.1, 0.15) is 18.1 Å². The van der Waals surface area contributed by atoms with Gasteiger partial charge in [-0.25, -0.2) is 4.98 Å². The summed E-state index contributed by atoms with van der Waals surface area (Å²) in [5.74, 6) is 0.174. The SMILES string of the molecule is COc1ncc(N)c2cc(-c3ccc4c(c3)c(COc3ccccc3CC(=O)O)nn4C(C)C)ccc12. The Hall–Kier alpha value is -4.59. The van der Waals surface area contributed by atoms with E-state index >= 15 is 0 Å². The molecule has 188 valence electrons. The van der Waals surface area contributed by atoms with E-state index in [4.69, 9.17) is 20.3 Å². The highest BCUT2D eigenvalue weighted by Crippen LogP contribution is 2.34. The van der Waals surface area contributed by atoms with Crippen LogP contribution < -0.4 is 15.2 Å². The molecular formula is C29H28N4O4. The number of aromatic nitrogens is 3. The molecule has 0 aliphatic carbocycles. The molecule has 0 amide bonds. The Morgan fingerprint density at radius 1 is 1.03 bits per heavy atom. The molecule has 0 radical (unpaired) electrons. The van der Waals surface area contributed by atoms with E-state index < -0.39 is 5.97 Å². The number of ether oxygens (including phenoxy) is 2. The van der Waals surface area contributed by atoms with Crippen molar-refractivity contribution >= 4 is 33.3 Å². The highest BCUT2D eigenvalue weighted by atomic mass is 16.5. The minimum Gasteiger partial charge on any atom is -0.487 e. The maximum atomic E-state index is 11.3. The molecule has 37 heavy (non-hydrogen) atoms. The lowest BCUT2D eigenvalue weighted by molar-refractivity contribution is -0.136. The number of nitrogens with zero attached hydrogens (tertiary/aromatic N) is 3. The minimum atomic E-state index is -0.903. The first kappa shape index (κ1) is 24.1. The van der Waals surface area contributed by atoms with Crippen LogP contribution in [-0.2, 0) is 17.8 Å². The van der Waals surface area contributed by atoms with Crippen LogP contribution in [0.15, 0.2) is 66.9 Å². The molecule has 2 aromatic heterocycles. The van der Waals surface area contributed by atoms with Crippen LogP contribution in [0.5, 0.6) is 11.6 Å². The van der Waals surface area contributed by atoms with Gasteiger partial charge in [-0.1, -0.05) is 30.3 Å². The fourth-order valence-corrected chi connectivity index (χ4v) is 4.56. The molecule has 0 atom stereocenters. The van der Waals surface area contributed by atoms with Crippen LogP contribution in [0.1, 0.15) is 31.1 Å². The van der Waals surface area contributed by atoms with Gasteiger partial charge in [0.05, 0.1) is 30.9 Å². The standard InChI is InChI=1S/C29H28N4O4/c1-17(2)33-26-11-9-19(18-8-10-21-22(12-18)24(30)15-31-29(21)36-3)13-23(26)25(32-33)16-37-27-7-5-4-6-20(27)14-28(34)35/h4-13,15,17H,14,16,30H2,1-3H3,(H,34,35). The molecule has 3 aromatic carbocycles. The van der Waals surface area contributed by atoms with Crippen molar-refractivity contribution < 1.29 is 19.4 Å². The van der Waals surface area contributed by atoms with Crippen molar-refractivity contribution in [3.05, 3.63) is 78.1 Å². The number of para-hydroxylation sites is 1. The third kappa shape index (κ3) is 4.65. The summed E-state index contributed by atoms with van der Waals surface area (Å²) >= 11 is 0. The monoisotopic (exact) mass is 496 g/mol. The number of nitrogen functional groups attached to an aromatic ring is 1. The van der Waals surface area contributed by atoms with Crippen molar-refractivity contribution in [1.82, 2.24) is 14.8 Å². The fourth-order valence-electron chi connectivity index (χ4n) is 4.56. The van der Waals surface area contributed by atoms with Gasteiger partial charge in [0.2, 0.25) is 5.88 Å². The van der Waals surface area contributed by atoms with Gasteiger partial charge in [-0.3, -0.25) is 9.48 Å². The largest absolute Gasteiger partial charge is 0.487 e. The Bertz CT molecular complexity index is 1620. The molecular weight excluding hydrogens is 468 g/mol. The topological polar surface area (TPSA) is 112 Å². The lowest BCUT2D eigenvalue weighted by atomic mass is 9.99. The van der Waals surface area contributed by atoms with E-state index in [1.165, 1.54) is 0 Å². The van der Waals surface area contributed by atoms with E-state index in [0.29, 0.717) is 22.9 Å². The van der Waals surface area contributed by atoms with Gasteiger partial charge < -0.3 is 20.3 Å². The van der Waals surface area contributed by atoms with Crippen LogP contribution in [0, 0.1) is 0 Å². The molecule has 0 aliphatic rings. The Labute approximate surface area is 214 Å². The molecule has 0 bridgehead atoms. The van der Waals surface area contributed by atoms with Crippen LogP contribution in [0.2, 0.25) is 0 Å². The quantitative estimate of drug-likeness (QED) is 0.286. The Kier molecular flexibility index (Phi) is 6.40. The highest BCUT2D eigenvalue weighted by molar-refractivity contribution is 5.99. The van der Waals surface area contributed by atoms with Gasteiger partial charge in [-0.05, 0) is 55.3 Å². The van der Waals surface area contributed by atoms with Gasteiger partial charge in [0.15, 0.2) is 0 Å². The summed E-state index contributed by atoms with van der Waals surface area (Å²) in [6.45, 7) is 4.38. The first-order chi connectivity index (χ1) is 17.9. The Morgan fingerprint density at radius 3 is 2.49 bits per heavy atom. The van der Waals surface area contributed by atoms with Crippen LogP contribution in [-0.4, -0.2) is 33.0 Å². The zero-order valence-corrected chi connectivity index (χ0v) is 20.9. The second-order valence-electron chi connectivity index (χ2n) is 9.17. The van der Waals surface area contributed by atoms with Crippen molar-refractivity contribution in [2.45, 2.75) is 32.9 Å². The zero-order valence-electron chi connectivity index (χ0n) is 20.9. The Balaban J connectivity index is 1.55. The van der Waals surface area contributed by atoms with Gasteiger partial charge in [-0.15, -0.1) is 0 Å². The van der Waals surface area contributed by atoms with E-state index in [1.54, 1.807) is 25.4 Å². The minimum absolute atomic E-state index is 0.104. The van der Waals surface area contributed by atoms with Gasteiger partial charge in [0, 0.05) is 27.8 Å². The maximum Gasteiger partial charge on any atom is 0.307 e. The van der Waals surface area contributed by atoms with E-state index in [1.807, 2.05) is 35.0 Å². The summed E-state index contributed by atoms with van der Waals surface area (Å²) in [7, 11) is 1.59. The Morgan fingerprint density at radius 2 is 1.76 bits per heavy atom. The lowest BCUT2D eigenvalue weighted by Gasteiger charge is -2.10. The van der Waals surface area contributed by atoms with Crippen molar-refractivity contribution in [1.29, 1.82) is 0 Å². The van der Waals surface area contributed by atoms with Crippen LogP contribution in [0.25, 0.3) is 32.8 Å². The van der Waals surface area contributed by atoms with E-state index in [-0.39, 0.29) is 19.1 Å². The van der Waals surface area contributed by atoms with E-state index in [9.17, 15) is 9.90 Å². The van der Waals surface area contributed by atoms with Crippen LogP contribution in [0.4, 0.5) is 5.69 Å². The van der Waals surface area contributed by atoms with Crippen molar-refractivity contribution in [3.63, 3.8) is 0 Å². The van der Waals surface area contributed by atoms with E-state index in [0.717, 1.165) is 38.5 Å². The lowest BCUT2D eigenvalue weighted by Crippen LogP contribution is -2.06. The first-order valence-corrected chi connectivity index (χ1v) is 12.0. The first-order valence-electron chi connectivity index (χ1n) is 12.0. The number of hydrogen-bond acceptors (Lipinski definition) is 6. The molecule has 5 aromatic rings. The molecule has 3 N–H and O–H groups in total. The third-order valence-electron chi connectivity index (χ3n) is 6.36. The molecule has 0 spiro atoms. The summed E-state index contributed by atoms with van der Waals surface area (Å²) in [5.41, 5.74) is 11.2. The smallest absolute Gasteiger partial charge is 0.307 e. The van der Waals surface area contributed by atoms with Crippen LogP contribution >= 0.6 is 0 Å². The third-order valence-corrected chi connectivity index (χ3v) is 6.36. The van der Waals surface area contributed by atoms with Gasteiger partial charge in [0.25, 0.3) is 0 Å². The summed E-state index contributed by atoms with van der Waals surface area (Å²) < 4.78 is 13.5. The number of rotatable bonds is 8. The number of carboxylic acid groups (broad SMARTS) is 1. The number of fused-ring (bicyclic) bond motifs is 2. The highest BCUT2D eigenvalue weighted by Gasteiger charge is 2.16. The van der Waals surface area contributed by atoms with E-state index in [2.05, 4.69) is 37.0 Å². The van der Waals surface area contributed by atoms with Crippen molar-refractivity contribution in [2.24, 2.45) is 0 Å². The summed E-state index contributed by atoms with van der Waals surface area (Å²) in [5, 5.41) is 16.8. The van der Waals surface area contributed by atoms with Crippen molar-refractivity contribution in [3.8, 4) is 22.8 Å². The molecule has 8 nitrogen and oxygen atoms in total. The van der Waals surface area contributed by atoms with Crippen LogP contribution in [0.3, 0.4) is 0 Å². The molecule has 2 heterocycles. The second-order valence-corrected chi connectivity index (χ2v) is 9.17. The number of benzene rings is 3. The number of anilines is 1. The molecule has 0 saturated heterocycles. The predicted molar refractivity (Wildman–Crippen MR) is 144 cm³/mol. The molecule has 0 saturated carbocycles. The predicted octanol–water partition coefficient (Wildman–Crippen LogP) is 5.63. The maximum absolute atomic E-state index is 11.3. The summed E-state index contributed by atoms with van der Waals surface area (Å²) in [6.07, 6.45) is 1.51. The van der Waals surface area contributed by atoms with Gasteiger partial charge >= 0.3 is 5.97 Å². The average molecular weight is 497 g/mol. The number of methoxy groups -OCH3 is 1. The summed E-state index contributed by atoms with van der Waals surface area (Å²) in [4.78, 5) is 15.5. The number of nitrogens with two attached hydrogens (primary N) is 1. The molecule has 5 rings (SSSR count). The molecule has 8 heteroatoms. The molecule has 0 unspecified atom stereocenters. The number of carbonyl (C=O) groups is 1. The fraction of sp³-hybridized carbons (Fsp3) is 0.207. The second kappa shape index (κ2) is 9.81. The number of pyridine rings is 1. The zero-order chi connectivity index (χ0) is 26.1. The number of aliphatic carboxylic acids is 1. The normalized spacial score (nSPS) is 11.4. The average Bonchev–Trinajstić information content (AvgIpc) is 3.26. The van der Waals surface area contributed by atoms with Gasteiger partial charge in [-0.2, -0.15) is 5.10 Å². The molecule has 0 aliphatic heterocycles. The molecule has 0 fully saturated rings.